The SMILES string of the molecule is COc1ccc(-c2nsc3c2N=C[N]C3=O)cc1. The zero-order valence-corrected chi connectivity index (χ0v) is 10.3. The van der Waals surface area contributed by atoms with E-state index in [2.05, 4.69) is 14.7 Å². The summed E-state index contributed by atoms with van der Waals surface area (Å²) in [5.41, 5.74) is 2.21. The van der Waals surface area contributed by atoms with Crippen LogP contribution in [-0.4, -0.2) is 23.7 Å². The van der Waals surface area contributed by atoms with E-state index in [4.69, 9.17) is 4.74 Å². The van der Waals surface area contributed by atoms with Crippen LogP contribution >= 0.6 is 11.5 Å². The summed E-state index contributed by atoms with van der Waals surface area (Å²) in [6, 6.07) is 7.47. The molecule has 0 N–H and O–H groups in total. The number of benzene rings is 1. The largest absolute Gasteiger partial charge is 0.497 e. The van der Waals surface area contributed by atoms with Crippen LogP contribution in [0.2, 0.25) is 0 Å². The number of hydrogen-bond acceptors (Lipinski definition) is 5. The van der Waals surface area contributed by atoms with Gasteiger partial charge in [-0.05, 0) is 35.8 Å². The summed E-state index contributed by atoms with van der Waals surface area (Å²) >= 11 is 1.13. The van der Waals surface area contributed by atoms with Crippen molar-refractivity contribution in [2.75, 3.05) is 7.11 Å². The molecule has 0 saturated carbocycles. The van der Waals surface area contributed by atoms with E-state index in [9.17, 15) is 4.79 Å². The summed E-state index contributed by atoms with van der Waals surface area (Å²) in [5.74, 6) is 0.495. The van der Waals surface area contributed by atoms with Crippen LogP contribution in [0.15, 0.2) is 29.3 Å². The van der Waals surface area contributed by atoms with E-state index in [1.54, 1.807) is 7.11 Å². The molecule has 0 spiro atoms. The minimum absolute atomic E-state index is 0.280. The van der Waals surface area contributed by atoms with Crippen molar-refractivity contribution in [1.29, 1.82) is 0 Å². The van der Waals surface area contributed by atoms with Crippen LogP contribution < -0.4 is 10.1 Å². The minimum Gasteiger partial charge on any atom is -0.497 e. The molecule has 0 saturated heterocycles. The summed E-state index contributed by atoms with van der Waals surface area (Å²) in [4.78, 5) is 16.1. The van der Waals surface area contributed by atoms with Crippen molar-refractivity contribution in [3.63, 3.8) is 0 Å². The fourth-order valence-electron chi connectivity index (χ4n) is 1.68. The Morgan fingerprint density at radius 3 is 2.72 bits per heavy atom. The summed E-state index contributed by atoms with van der Waals surface area (Å²) < 4.78 is 9.38. The molecule has 0 fully saturated rings. The van der Waals surface area contributed by atoms with Gasteiger partial charge in [0, 0.05) is 5.56 Å². The Morgan fingerprint density at radius 2 is 2.00 bits per heavy atom. The van der Waals surface area contributed by atoms with E-state index in [1.165, 1.54) is 6.34 Å². The Hall–Kier alpha value is -2.21. The van der Waals surface area contributed by atoms with E-state index in [0.29, 0.717) is 16.3 Å². The lowest BCUT2D eigenvalue weighted by molar-refractivity contribution is 0.0978. The van der Waals surface area contributed by atoms with Gasteiger partial charge in [-0.3, -0.25) is 4.79 Å². The second kappa shape index (κ2) is 4.23. The topological polar surface area (TPSA) is 65.7 Å². The number of carbonyl (C=O) groups is 1. The lowest BCUT2D eigenvalue weighted by Gasteiger charge is -2.04. The van der Waals surface area contributed by atoms with Crippen LogP contribution in [0.4, 0.5) is 5.69 Å². The molecule has 0 unspecified atom stereocenters. The molecule has 1 aromatic heterocycles. The van der Waals surface area contributed by atoms with Crippen molar-refractivity contribution in [3.05, 3.63) is 29.1 Å². The highest BCUT2D eigenvalue weighted by Crippen LogP contribution is 2.37. The highest BCUT2D eigenvalue weighted by atomic mass is 32.1. The number of nitrogens with zero attached hydrogens (tertiary/aromatic N) is 3. The van der Waals surface area contributed by atoms with Gasteiger partial charge in [0.2, 0.25) is 0 Å². The number of hydrogen-bond donors (Lipinski definition) is 0. The zero-order valence-electron chi connectivity index (χ0n) is 9.45. The first kappa shape index (κ1) is 10.9. The van der Waals surface area contributed by atoms with Gasteiger partial charge in [-0.25, -0.2) is 4.99 Å². The maximum absolute atomic E-state index is 11.5. The Balaban J connectivity index is 2.07. The molecule has 2 aromatic rings. The Morgan fingerprint density at radius 1 is 1.22 bits per heavy atom. The molecule has 6 heteroatoms. The molecule has 0 aliphatic carbocycles. The van der Waals surface area contributed by atoms with Crippen molar-refractivity contribution < 1.29 is 9.53 Å². The van der Waals surface area contributed by atoms with Crippen LogP contribution in [0.25, 0.3) is 11.3 Å². The molecule has 1 radical (unpaired) electrons. The van der Waals surface area contributed by atoms with E-state index in [-0.39, 0.29) is 5.91 Å². The summed E-state index contributed by atoms with van der Waals surface area (Å²) in [6.45, 7) is 0. The number of methoxy groups -OCH3 is 1. The molecule has 1 amide bonds. The number of amides is 1. The zero-order chi connectivity index (χ0) is 12.5. The maximum atomic E-state index is 11.5. The smallest absolute Gasteiger partial charge is 0.292 e. The first-order valence-corrected chi connectivity index (χ1v) is 5.99. The van der Waals surface area contributed by atoms with Crippen LogP contribution in [0, 0.1) is 0 Å². The Kier molecular flexibility index (Phi) is 2.56. The van der Waals surface area contributed by atoms with Crippen LogP contribution in [0.3, 0.4) is 0 Å². The molecule has 3 rings (SSSR count). The number of rotatable bonds is 2. The van der Waals surface area contributed by atoms with Crippen molar-refractivity contribution >= 4 is 29.5 Å². The lowest BCUT2D eigenvalue weighted by Crippen LogP contribution is -2.15. The summed E-state index contributed by atoms with van der Waals surface area (Å²) in [5, 5.41) is 3.63. The molecule has 1 aliphatic heterocycles. The van der Waals surface area contributed by atoms with Gasteiger partial charge in [0.25, 0.3) is 5.91 Å². The van der Waals surface area contributed by atoms with Crippen molar-refractivity contribution in [3.8, 4) is 17.0 Å². The number of aliphatic imine (C=N–C) groups is 1. The molecular weight excluding hydrogens is 250 g/mol. The Bertz CT molecular complexity index is 631. The van der Waals surface area contributed by atoms with Gasteiger partial charge < -0.3 is 4.74 Å². The molecule has 1 aromatic carbocycles. The van der Waals surface area contributed by atoms with Gasteiger partial charge in [0.05, 0.1) is 7.11 Å². The van der Waals surface area contributed by atoms with Crippen molar-refractivity contribution in [1.82, 2.24) is 9.69 Å². The van der Waals surface area contributed by atoms with Gasteiger partial charge in [-0.15, -0.1) is 0 Å². The first-order valence-electron chi connectivity index (χ1n) is 5.21. The molecule has 18 heavy (non-hydrogen) atoms. The third-order valence-electron chi connectivity index (χ3n) is 2.59. The quantitative estimate of drug-likeness (QED) is 0.829. The van der Waals surface area contributed by atoms with E-state index >= 15 is 0 Å². The second-order valence-electron chi connectivity index (χ2n) is 3.62. The molecular formula is C12H8N3O2S. The number of ether oxygens (including phenoxy) is 1. The monoisotopic (exact) mass is 258 g/mol. The molecule has 0 atom stereocenters. The van der Waals surface area contributed by atoms with E-state index < -0.39 is 0 Å². The molecule has 0 bridgehead atoms. The van der Waals surface area contributed by atoms with E-state index in [0.717, 1.165) is 22.8 Å². The normalized spacial score (nSPS) is 13.1. The second-order valence-corrected chi connectivity index (χ2v) is 4.39. The number of carbonyl (C=O) groups excluding carboxylic acids is 1. The van der Waals surface area contributed by atoms with Gasteiger partial charge in [-0.1, -0.05) is 0 Å². The summed E-state index contributed by atoms with van der Waals surface area (Å²) in [7, 11) is 1.62. The minimum atomic E-state index is -0.280. The van der Waals surface area contributed by atoms with Crippen LogP contribution in [-0.2, 0) is 0 Å². The van der Waals surface area contributed by atoms with Crippen LogP contribution in [0.1, 0.15) is 9.67 Å². The van der Waals surface area contributed by atoms with Gasteiger partial charge >= 0.3 is 0 Å². The first-order chi connectivity index (χ1) is 8.79. The average molecular weight is 258 g/mol. The van der Waals surface area contributed by atoms with E-state index in [1.807, 2.05) is 24.3 Å². The fraction of sp³-hybridized carbons (Fsp3) is 0.0833. The highest BCUT2D eigenvalue weighted by Gasteiger charge is 2.23. The van der Waals surface area contributed by atoms with Crippen LogP contribution in [0.5, 0.6) is 5.75 Å². The standard InChI is InChI=1S/C12H8N3O2S/c1-17-8-4-2-7(3-5-8)9-10-11(18-15-9)12(16)14-6-13-10/h2-6H,1H3. The predicted octanol–water partition coefficient (Wildman–Crippen LogP) is 2.24. The molecule has 89 valence electrons. The molecule has 2 heterocycles. The Labute approximate surface area is 107 Å². The molecule has 5 nitrogen and oxygen atoms in total. The highest BCUT2D eigenvalue weighted by molar-refractivity contribution is 7.09. The average Bonchev–Trinajstić information content (AvgIpc) is 2.84. The maximum Gasteiger partial charge on any atom is 0.292 e. The third kappa shape index (κ3) is 1.67. The van der Waals surface area contributed by atoms with Gasteiger partial charge in [0.15, 0.2) is 0 Å². The number of fused-ring (bicyclic) bond motifs is 1. The predicted molar refractivity (Wildman–Crippen MR) is 68.7 cm³/mol. The van der Waals surface area contributed by atoms with Gasteiger partial charge in [0.1, 0.15) is 28.3 Å². The molecule has 1 aliphatic rings. The third-order valence-corrected chi connectivity index (χ3v) is 3.41. The lowest BCUT2D eigenvalue weighted by atomic mass is 10.1. The fourth-order valence-corrected chi connectivity index (χ4v) is 2.42. The van der Waals surface area contributed by atoms with Crippen molar-refractivity contribution in [2.45, 2.75) is 0 Å². The number of aromatic nitrogens is 1. The summed E-state index contributed by atoms with van der Waals surface area (Å²) in [6.07, 6.45) is 1.27. The van der Waals surface area contributed by atoms with Gasteiger partial charge in [-0.2, -0.15) is 9.69 Å². The van der Waals surface area contributed by atoms with Crippen molar-refractivity contribution in [2.24, 2.45) is 4.99 Å².